The van der Waals surface area contributed by atoms with E-state index in [4.69, 9.17) is 38.8 Å². The Hall–Kier alpha value is -1.98. The molecule has 1 saturated heterocycles. The maximum atomic E-state index is 15.6. The lowest BCUT2D eigenvalue weighted by Crippen LogP contribution is -2.52. The zero-order valence-corrected chi connectivity index (χ0v) is 23.9. The van der Waals surface area contributed by atoms with Crippen LogP contribution in [-0.4, -0.2) is 65.8 Å². The Bertz CT molecular complexity index is 1150. The summed E-state index contributed by atoms with van der Waals surface area (Å²) in [5.41, 5.74) is 6.23. The number of carbonyl (C=O) groups excluding carboxylic acids is 1. The second-order valence-corrected chi connectivity index (χ2v) is 12.0. The molecule has 1 heterocycles. The molecule has 3 rings (SSSR count). The van der Waals surface area contributed by atoms with Gasteiger partial charge in [0.1, 0.15) is 18.2 Å². The van der Waals surface area contributed by atoms with Crippen LogP contribution in [0.3, 0.4) is 0 Å². The molecule has 39 heavy (non-hydrogen) atoms. The van der Waals surface area contributed by atoms with Gasteiger partial charge >= 0.3 is 0 Å². The number of carbonyl (C=O) groups is 1. The van der Waals surface area contributed by atoms with Crippen LogP contribution in [0.15, 0.2) is 36.4 Å². The predicted molar refractivity (Wildman–Crippen MR) is 150 cm³/mol. The van der Waals surface area contributed by atoms with Crippen molar-refractivity contribution in [2.24, 2.45) is 11.1 Å². The van der Waals surface area contributed by atoms with Crippen LogP contribution < -0.4 is 21.1 Å². The molecule has 0 bridgehead atoms. The topological polar surface area (TPSA) is 137 Å². The minimum atomic E-state index is -1.46. The van der Waals surface area contributed by atoms with E-state index in [1.165, 1.54) is 6.07 Å². The molecule has 216 valence electrons. The van der Waals surface area contributed by atoms with Crippen molar-refractivity contribution in [3.8, 4) is 5.75 Å². The SMILES string of the molecule is CC(C)(C)CC1NC(C(=O)NCCC(O)CO)C(c2cc(Cl)ccc2OCCO)C1(N)c1ccc(Cl)cc1F. The third-order valence-corrected chi connectivity index (χ3v) is 7.42. The lowest BCUT2D eigenvalue weighted by atomic mass is 9.68. The molecule has 7 N–H and O–H groups in total. The van der Waals surface area contributed by atoms with Crippen LogP contribution in [0.5, 0.6) is 5.75 Å². The number of halogens is 3. The summed E-state index contributed by atoms with van der Waals surface area (Å²) in [4.78, 5) is 13.7. The second kappa shape index (κ2) is 13.1. The highest BCUT2D eigenvalue weighted by atomic mass is 35.5. The maximum absolute atomic E-state index is 15.6. The van der Waals surface area contributed by atoms with Gasteiger partial charge in [0.2, 0.25) is 5.91 Å². The van der Waals surface area contributed by atoms with Crippen molar-refractivity contribution in [1.29, 1.82) is 0 Å². The summed E-state index contributed by atoms with van der Waals surface area (Å²) >= 11 is 12.5. The monoisotopic (exact) mass is 585 g/mol. The minimum absolute atomic E-state index is 0.0109. The van der Waals surface area contributed by atoms with Crippen LogP contribution in [0, 0.1) is 11.2 Å². The number of nitrogens with two attached hydrogens (primary N) is 1. The van der Waals surface area contributed by atoms with E-state index in [0.29, 0.717) is 22.8 Å². The first-order valence-corrected chi connectivity index (χ1v) is 13.7. The molecular formula is C28H38Cl2FN3O5. The van der Waals surface area contributed by atoms with Gasteiger partial charge in [0.05, 0.1) is 30.9 Å². The molecule has 2 aromatic carbocycles. The standard InChI is InChI=1S/C28H38Cl2FN3O5/c1-27(2,3)14-23-28(32,20-6-4-17(30)13-21(20)31)24(19-12-16(29)5-7-22(19)39-11-10-35)25(34-23)26(38)33-9-8-18(37)15-36/h4-7,12-13,18,23-25,34-37H,8-11,14-15,32H2,1-3H3,(H,33,38). The van der Waals surface area contributed by atoms with Crippen molar-refractivity contribution in [1.82, 2.24) is 10.6 Å². The summed E-state index contributed by atoms with van der Waals surface area (Å²) in [6, 6.07) is 7.69. The summed E-state index contributed by atoms with van der Waals surface area (Å²) in [6.45, 7) is 5.51. The van der Waals surface area contributed by atoms with Crippen molar-refractivity contribution in [2.75, 3.05) is 26.4 Å². The molecule has 5 atom stereocenters. The Morgan fingerprint density at radius 1 is 1.21 bits per heavy atom. The molecule has 0 radical (unpaired) electrons. The Morgan fingerprint density at radius 3 is 2.49 bits per heavy atom. The van der Waals surface area contributed by atoms with Gasteiger partial charge in [-0.25, -0.2) is 4.39 Å². The largest absolute Gasteiger partial charge is 0.491 e. The molecule has 1 amide bonds. The van der Waals surface area contributed by atoms with Gasteiger partial charge in [0.15, 0.2) is 0 Å². The number of aliphatic hydroxyl groups excluding tert-OH is 3. The third kappa shape index (κ3) is 7.41. The van der Waals surface area contributed by atoms with Crippen molar-refractivity contribution >= 4 is 29.1 Å². The number of benzene rings is 2. The molecule has 1 aliphatic heterocycles. The van der Waals surface area contributed by atoms with Crippen molar-refractivity contribution in [3.63, 3.8) is 0 Å². The van der Waals surface area contributed by atoms with E-state index >= 15 is 4.39 Å². The van der Waals surface area contributed by atoms with E-state index in [2.05, 4.69) is 10.6 Å². The number of ether oxygens (including phenoxy) is 1. The number of nitrogens with one attached hydrogen (secondary N) is 2. The van der Waals surface area contributed by atoms with Crippen LogP contribution in [0.1, 0.15) is 50.7 Å². The average molecular weight is 587 g/mol. The average Bonchev–Trinajstić information content (AvgIpc) is 3.13. The van der Waals surface area contributed by atoms with Crippen molar-refractivity contribution in [3.05, 3.63) is 63.4 Å². The number of amides is 1. The fourth-order valence-electron chi connectivity index (χ4n) is 5.26. The van der Waals surface area contributed by atoms with Gasteiger partial charge in [-0.15, -0.1) is 0 Å². The van der Waals surface area contributed by atoms with Crippen LogP contribution >= 0.6 is 23.2 Å². The van der Waals surface area contributed by atoms with Gasteiger partial charge in [-0.1, -0.05) is 50.0 Å². The first-order valence-electron chi connectivity index (χ1n) is 12.9. The first-order chi connectivity index (χ1) is 18.3. The number of hydrogen-bond acceptors (Lipinski definition) is 7. The fraction of sp³-hybridized carbons (Fsp3) is 0.536. The lowest BCUT2D eigenvalue weighted by molar-refractivity contribution is -0.123. The Kier molecular flexibility index (Phi) is 10.6. The third-order valence-electron chi connectivity index (χ3n) is 6.95. The second-order valence-electron chi connectivity index (χ2n) is 11.2. The lowest BCUT2D eigenvalue weighted by Gasteiger charge is -2.40. The molecular weight excluding hydrogens is 548 g/mol. The van der Waals surface area contributed by atoms with Crippen LogP contribution in [0.2, 0.25) is 10.0 Å². The maximum Gasteiger partial charge on any atom is 0.237 e. The summed E-state index contributed by atoms with van der Waals surface area (Å²) in [5.74, 6) is -1.54. The smallest absolute Gasteiger partial charge is 0.237 e. The van der Waals surface area contributed by atoms with Gasteiger partial charge in [-0.05, 0) is 48.6 Å². The van der Waals surface area contributed by atoms with Crippen molar-refractivity contribution < 1.29 is 29.2 Å². The van der Waals surface area contributed by atoms with E-state index in [-0.39, 0.29) is 42.2 Å². The molecule has 11 heteroatoms. The zero-order chi connectivity index (χ0) is 29.0. The van der Waals surface area contributed by atoms with E-state index in [9.17, 15) is 15.0 Å². The molecule has 2 aromatic rings. The first kappa shape index (κ1) is 31.5. The van der Waals surface area contributed by atoms with Gasteiger partial charge in [0.25, 0.3) is 0 Å². The quantitative estimate of drug-likeness (QED) is 0.238. The molecule has 8 nitrogen and oxygen atoms in total. The van der Waals surface area contributed by atoms with Crippen LogP contribution in [0.25, 0.3) is 0 Å². The predicted octanol–water partition coefficient (Wildman–Crippen LogP) is 3.08. The Morgan fingerprint density at radius 2 is 1.87 bits per heavy atom. The van der Waals surface area contributed by atoms with Gasteiger partial charge < -0.3 is 36.4 Å². The number of aliphatic hydroxyl groups is 3. The van der Waals surface area contributed by atoms with Crippen LogP contribution in [0.4, 0.5) is 4.39 Å². The molecule has 0 aliphatic carbocycles. The van der Waals surface area contributed by atoms with Gasteiger partial charge in [-0.2, -0.15) is 0 Å². The number of rotatable bonds is 11. The molecule has 0 aromatic heterocycles. The van der Waals surface area contributed by atoms with E-state index < -0.39 is 48.0 Å². The fourth-order valence-corrected chi connectivity index (χ4v) is 5.60. The molecule has 0 saturated carbocycles. The van der Waals surface area contributed by atoms with Gasteiger partial charge in [0, 0.05) is 39.7 Å². The van der Waals surface area contributed by atoms with E-state index in [1.807, 2.05) is 20.8 Å². The normalized spacial score (nSPS) is 24.0. The zero-order valence-electron chi connectivity index (χ0n) is 22.4. The molecule has 1 aliphatic rings. The highest BCUT2D eigenvalue weighted by Crippen LogP contribution is 2.51. The number of hydrogen-bond donors (Lipinski definition) is 6. The summed E-state index contributed by atoms with van der Waals surface area (Å²) in [7, 11) is 0. The molecule has 5 unspecified atom stereocenters. The Labute approximate surface area is 238 Å². The van der Waals surface area contributed by atoms with Crippen molar-refractivity contribution in [2.45, 2.75) is 63.3 Å². The highest BCUT2D eigenvalue weighted by Gasteiger charge is 2.58. The minimum Gasteiger partial charge on any atom is -0.491 e. The molecule has 1 fully saturated rings. The summed E-state index contributed by atoms with van der Waals surface area (Å²) < 4.78 is 21.5. The summed E-state index contributed by atoms with van der Waals surface area (Å²) in [6.07, 6.45) is -0.343. The highest BCUT2D eigenvalue weighted by molar-refractivity contribution is 6.31. The van der Waals surface area contributed by atoms with Gasteiger partial charge in [-0.3, -0.25) is 4.79 Å². The van der Waals surface area contributed by atoms with E-state index in [0.717, 1.165) is 0 Å². The Balaban J connectivity index is 2.22. The van der Waals surface area contributed by atoms with Crippen LogP contribution in [-0.2, 0) is 10.3 Å². The van der Waals surface area contributed by atoms with E-state index in [1.54, 1.807) is 30.3 Å². The summed E-state index contributed by atoms with van der Waals surface area (Å²) in [5, 5.41) is 35.0. The molecule has 0 spiro atoms.